The summed E-state index contributed by atoms with van der Waals surface area (Å²) in [5.74, 6) is 0. The molecule has 1 aliphatic heterocycles. The van der Waals surface area contributed by atoms with Crippen LogP contribution in [0.3, 0.4) is 0 Å². The van der Waals surface area contributed by atoms with Gasteiger partial charge in [0.25, 0.3) is 0 Å². The average molecular weight is 128 g/mol. The van der Waals surface area contributed by atoms with E-state index in [0.717, 1.165) is 0 Å². The first-order valence-corrected chi connectivity index (χ1v) is 3.71. The Kier molecular flexibility index (Phi) is 2.49. The quantitative estimate of drug-likeness (QED) is 0.505. The highest BCUT2D eigenvalue weighted by atomic mass is 15.1. The van der Waals surface area contributed by atoms with E-state index >= 15 is 0 Å². The molecule has 0 aromatic heterocycles. The maximum Gasteiger partial charge on any atom is 0.0166 e. The third kappa shape index (κ3) is 2.33. The van der Waals surface area contributed by atoms with Crippen molar-refractivity contribution in [3.63, 3.8) is 0 Å². The van der Waals surface area contributed by atoms with Crippen molar-refractivity contribution in [2.24, 2.45) is 0 Å². The molecule has 2 heteroatoms. The van der Waals surface area contributed by atoms with E-state index < -0.39 is 0 Å². The van der Waals surface area contributed by atoms with Crippen molar-refractivity contribution in [3.05, 3.63) is 0 Å². The maximum atomic E-state index is 3.43. The van der Waals surface area contributed by atoms with Crippen LogP contribution >= 0.6 is 0 Å². The predicted octanol–water partition coefficient (Wildman–Crippen LogP) is 0.300. The summed E-state index contributed by atoms with van der Waals surface area (Å²) in [6, 6.07) is 0.678. The van der Waals surface area contributed by atoms with Gasteiger partial charge in [0.2, 0.25) is 0 Å². The lowest BCUT2D eigenvalue weighted by molar-refractivity contribution is 0.332. The van der Waals surface area contributed by atoms with Crippen molar-refractivity contribution in [2.45, 2.75) is 19.4 Å². The van der Waals surface area contributed by atoms with Gasteiger partial charge in [0.05, 0.1) is 0 Å². The Labute approximate surface area is 57.2 Å². The molecule has 2 nitrogen and oxygen atoms in total. The van der Waals surface area contributed by atoms with Crippen LogP contribution in [0.5, 0.6) is 0 Å². The van der Waals surface area contributed by atoms with Crippen LogP contribution in [0.15, 0.2) is 0 Å². The van der Waals surface area contributed by atoms with Crippen LogP contribution in [0.1, 0.15) is 13.3 Å². The van der Waals surface area contributed by atoms with E-state index in [-0.39, 0.29) is 0 Å². The lowest BCUT2D eigenvalue weighted by Gasteiger charge is -2.15. The standard InChI is InChI=1S/C7H16N2/c1-7-6-9(2)5-3-4-8-7/h7-8H,3-6H2,1-2H3/t7-/m0/s1. The molecule has 1 N–H and O–H groups in total. The summed E-state index contributed by atoms with van der Waals surface area (Å²) in [6.45, 7) is 5.87. The zero-order valence-electron chi connectivity index (χ0n) is 6.35. The molecule has 0 unspecified atom stereocenters. The third-order valence-corrected chi connectivity index (χ3v) is 1.79. The van der Waals surface area contributed by atoms with Crippen molar-refractivity contribution >= 4 is 0 Å². The molecule has 1 saturated heterocycles. The van der Waals surface area contributed by atoms with Crippen LogP contribution in [0.4, 0.5) is 0 Å². The largest absolute Gasteiger partial charge is 0.313 e. The van der Waals surface area contributed by atoms with E-state index in [0.29, 0.717) is 6.04 Å². The van der Waals surface area contributed by atoms with Gasteiger partial charge in [-0.15, -0.1) is 0 Å². The Morgan fingerprint density at radius 1 is 1.56 bits per heavy atom. The van der Waals surface area contributed by atoms with E-state index in [9.17, 15) is 0 Å². The minimum Gasteiger partial charge on any atom is -0.313 e. The number of nitrogens with zero attached hydrogens (tertiary/aromatic N) is 1. The molecule has 54 valence electrons. The van der Waals surface area contributed by atoms with E-state index in [1.54, 1.807) is 0 Å². The van der Waals surface area contributed by atoms with Crippen LogP contribution < -0.4 is 5.32 Å². The van der Waals surface area contributed by atoms with Gasteiger partial charge >= 0.3 is 0 Å². The second-order valence-corrected chi connectivity index (χ2v) is 2.97. The highest BCUT2D eigenvalue weighted by Crippen LogP contribution is 1.95. The first kappa shape index (κ1) is 7.03. The molecule has 1 heterocycles. The summed E-state index contributed by atoms with van der Waals surface area (Å²) >= 11 is 0. The van der Waals surface area contributed by atoms with Crippen LogP contribution in [0.2, 0.25) is 0 Å². The van der Waals surface area contributed by atoms with Gasteiger partial charge in [-0.2, -0.15) is 0 Å². The third-order valence-electron chi connectivity index (χ3n) is 1.79. The van der Waals surface area contributed by atoms with Crippen LogP contribution in [-0.4, -0.2) is 37.6 Å². The highest BCUT2D eigenvalue weighted by molar-refractivity contribution is 4.69. The van der Waals surface area contributed by atoms with Crippen molar-refractivity contribution in [3.8, 4) is 0 Å². The molecule has 1 atom stereocenters. The first-order chi connectivity index (χ1) is 4.29. The molecule has 0 spiro atoms. The van der Waals surface area contributed by atoms with E-state index in [4.69, 9.17) is 0 Å². The Bertz CT molecular complexity index is 73.0. The zero-order chi connectivity index (χ0) is 6.69. The van der Waals surface area contributed by atoms with Gasteiger partial charge in [-0.05, 0) is 33.5 Å². The van der Waals surface area contributed by atoms with Gasteiger partial charge in [-0.1, -0.05) is 0 Å². The first-order valence-electron chi connectivity index (χ1n) is 3.71. The summed E-state index contributed by atoms with van der Waals surface area (Å²) < 4.78 is 0. The number of likely N-dealkylation sites (N-methyl/N-ethyl adjacent to an activating group) is 1. The molecule has 9 heavy (non-hydrogen) atoms. The SMILES string of the molecule is C[C@H]1CN(C)CCCN1. The zero-order valence-corrected chi connectivity index (χ0v) is 6.35. The molecular weight excluding hydrogens is 112 g/mol. The number of nitrogens with one attached hydrogen (secondary N) is 1. The van der Waals surface area contributed by atoms with Crippen molar-refractivity contribution in [2.75, 3.05) is 26.7 Å². The molecule has 1 rings (SSSR count). The predicted molar refractivity (Wildman–Crippen MR) is 39.6 cm³/mol. The van der Waals surface area contributed by atoms with Crippen molar-refractivity contribution in [1.82, 2.24) is 10.2 Å². The van der Waals surface area contributed by atoms with Crippen molar-refractivity contribution in [1.29, 1.82) is 0 Å². The van der Waals surface area contributed by atoms with Gasteiger partial charge < -0.3 is 10.2 Å². The second kappa shape index (κ2) is 3.18. The Balaban J connectivity index is 2.29. The summed E-state index contributed by atoms with van der Waals surface area (Å²) in [5.41, 5.74) is 0. The fourth-order valence-electron chi connectivity index (χ4n) is 1.32. The molecule has 1 aliphatic rings. The summed E-state index contributed by atoms with van der Waals surface area (Å²) in [7, 11) is 2.18. The lowest BCUT2D eigenvalue weighted by atomic mass is 10.3. The molecule has 0 bridgehead atoms. The number of hydrogen-bond acceptors (Lipinski definition) is 2. The lowest BCUT2D eigenvalue weighted by Crippen LogP contribution is -2.33. The van der Waals surface area contributed by atoms with Crippen LogP contribution in [-0.2, 0) is 0 Å². The number of hydrogen-bond donors (Lipinski definition) is 1. The molecule has 0 aromatic carbocycles. The number of rotatable bonds is 0. The molecule has 0 aliphatic carbocycles. The molecule has 0 radical (unpaired) electrons. The minimum absolute atomic E-state index is 0.678. The summed E-state index contributed by atoms with van der Waals surface area (Å²) in [5, 5.41) is 3.43. The molecule has 0 aromatic rings. The molecule has 0 saturated carbocycles. The van der Waals surface area contributed by atoms with E-state index in [1.165, 1.54) is 26.1 Å². The van der Waals surface area contributed by atoms with Crippen LogP contribution in [0, 0.1) is 0 Å². The van der Waals surface area contributed by atoms with E-state index in [1.807, 2.05) is 0 Å². The maximum absolute atomic E-state index is 3.43. The fourth-order valence-corrected chi connectivity index (χ4v) is 1.32. The highest BCUT2D eigenvalue weighted by Gasteiger charge is 2.08. The molecule has 1 fully saturated rings. The van der Waals surface area contributed by atoms with Gasteiger partial charge in [-0.3, -0.25) is 0 Å². The smallest absolute Gasteiger partial charge is 0.0166 e. The van der Waals surface area contributed by atoms with Gasteiger partial charge in [-0.25, -0.2) is 0 Å². The second-order valence-electron chi connectivity index (χ2n) is 2.97. The summed E-state index contributed by atoms with van der Waals surface area (Å²) in [4.78, 5) is 2.38. The van der Waals surface area contributed by atoms with Gasteiger partial charge in [0.1, 0.15) is 0 Å². The molecular formula is C7H16N2. The Morgan fingerprint density at radius 3 is 3.11 bits per heavy atom. The Hall–Kier alpha value is -0.0800. The monoisotopic (exact) mass is 128 g/mol. The van der Waals surface area contributed by atoms with Gasteiger partial charge in [0, 0.05) is 12.6 Å². The van der Waals surface area contributed by atoms with Crippen LogP contribution in [0.25, 0.3) is 0 Å². The topological polar surface area (TPSA) is 15.3 Å². The van der Waals surface area contributed by atoms with E-state index in [2.05, 4.69) is 24.2 Å². The fraction of sp³-hybridized carbons (Fsp3) is 1.00. The Morgan fingerprint density at radius 2 is 2.33 bits per heavy atom. The van der Waals surface area contributed by atoms with Crippen molar-refractivity contribution < 1.29 is 0 Å². The normalized spacial score (nSPS) is 32.0. The minimum atomic E-state index is 0.678. The average Bonchev–Trinajstić information content (AvgIpc) is 1.93. The summed E-state index contributed by atoms with van der Waals surface area (Å²) in [6.07, 6.45) is 1.29. The van der Waals surface area contributed by atoms with Gasteiger partial charge in [0.15, 0.2) is 0 Å². The molecule has 0 amide bonds.